The van der Waals surface area contributed by atoms with E-state index < -0.39 is 10.0 Å². The Bertz CT molecular complexity index is 1140. The lowest BCUT2D eigenvalue weighted by Crippen LogP contribution is -2.32. The Morgan fingerprint density at radius 2 is 1.59 bits per heavy atom. The first-order valence-electron chi connectivity index (χ1n) is 10.3. The number of nitrogens with zero attached hydrogens (tertiary/aromatic N) is 2. The van der Waals surface area contributed by atoms with Gasteiger partial charge in [0.05, 0.1) is 19.1 Å². The molecular formula is C22H27N3O5S2. The minimum atomic E-state index is -3.60. The zero-order valence-corrected chi connectivity index (χ0v) is 20.2. The van der Waals surface area contributed by atoms with Crippen LogP contribution in [-0.4, -0.2) is 50.9 Å². The summed E-state index contributed by atoms with van der Waals surface area (Å²) in [4.78, 5) is 17.4. The minimum absolute atomic E-state index is 0.172. The first-order chi connectivity index (χ1) is 15.3. The number of carbonyl (C=O) groups excluding carboxylic acids is 1. The summed E-state index contributed by atoms with van der Waals surface area (Å²) in [7, 11) is -0.477. The van der Waals surface area contributed by atoms with Crippen LogP contribution in [-0.2, 0) is 10.0 Å². The molecule has 0 fully saturated rings. The van der Waals surface area contributed by atoms with Crippen molar-refractivity contribution in [2.24, 2.45) is 0 Å². The molecule has 0 aliphatic heterocycles. The number of thiazole rings is 1. The molecule has 3 rings (SSSR count). The van der Waals surface area contributed by atoms with Gasteiger partial charge in [0, 0.05) is 18.7 Å². The second-order valence-electron chi connectivity index (χ2n) is 7.05. The molecule has 1 N–H and O–H groups in total. The summed E-state index contributed by atoms with van der Waals surface area (Å²) in [5.74, 6) is 0.831. The standard InChI is InChI=1S/C22H27N3O5S2/c1-5-13-25(14-6-2)32(27,28)16-9-7-15(8-10-16)21(26)24-22-23-19-17(29-3)11-12-18(30-4)20(19)31-22/h7-12H,5-6,13-14H2,1-4H3,(H,23,24,26). The molecular weight excluding hydrogens is 450 g/mol. The number of anilines is 1. The highest BCUT2D eigenvalue weighted by molar-refractivity contribution is 7.89. The van der Waals surface area contributed by atoms with E-state index in [4.69, 9.17) is 9.47 Å². The van der Waals surface area contributed by atoms with E-state index in [1.165, 1.54) is 39.9 Å². The van der Waals surface area contributed by atoms with E-state index in [2.05, 4.69) is 10.3 Å². The van der Waals surface area contributed by atoms with Gasteiger partial charge in [-0.25, -0.2) is 13.4 Å². The molecule has 0 radical (unpaired) electrons. The Morgan fingerprint density at radius 3 is 2.16 bits per heavy atom. The molecule has 32 heavy (non-hydrogen) atoms. The van der Waals surface area contributed by atoms with E-state index in [1.807, 2.05) is 13.8 Å². The molecule has 3 aromatic rings. The van der Waals surface area contributed by atoms with Gasteiger partial charge in [-0.05, 0) is 49.2 Å². The number of hydrogen-bond acceptors (Lipinski definition) is 7. The van der Waals surface area contributed by atoms with Crippen molar-refractivity contribution in [3.8, 4) is 11.5 Å². The summed E-state index contributed by atoms with van der Waals surface area (Å²) >= 11 is 1.27. The van der Waals surface area contributed by atoms with Gasteiger partial charge >= 0.3 is 0 Å². The molecule has 1 amide bonds. The van der Waals surface area contributed by atoms with Crippen LogP contribution in [0.2, 0.25) is 0 Å². The van der Waals surface area contributed by atoms with E-state index >= 15 is 0 Å². The molecule has 0 saturated heterocycles. The Kier molecular flexibility index (Phi) is 7.70. The number of benzene rings is 2. The summed E-state index contributed by atoms with van der Waals surface area (Å²) in [5.41, 5.74) is 0.931. The van der Waals surface area contributed by atoms with E-state index in [1.54, 1.807) is 26.4 Å². The average molecular weight is 478 g/mol. The van der Waals surface area contributed by atoms with Gasteiger partial charge in [-0.2, -0.15) is 4.31 Å². The summed E-state index contributed by atoms with van der Waals surface area (Å²) in [6, 6.07) is 9.48. The van der Waals surface area contributed by atoms with E-state index in [-0.39, 0.29) is 10.8 Å². The second-order valence-corrected chi connectivity index (χ2v) is 9.99. The number of carbonyl (C=O) groups is 1. The SMILES string of the molecule is CCCN(CCC)S(=O)(=O)c1ccc(C(=O)Nc2nc3c(OC)ccc(OC)c3s2)cc1. The molecule has 0 atom stereocenters. The lowest BCUT2D eigenvalue weighted by molar-refractivity contribution is 0.102. The second kappa shape index (κ2) is 10.3. The number of methoxy groups -OCH3 is 2. The number of amides is 1. The zero-order valence-electron chi connectivity index (χ0n) is 18.5. The maximum absolute atomic E-state index is 12.9. The molecule has 0 unspecified atom stereocenters. The zero-order chi connectivity index (χ0) is 23.3. The van der Waals surface area contributed by atoms with Crippen LogP contribution in [0, 0.1) is 0 Å². The van der Waals surface area contributed by atoms with Crippen LogP contribution in [0.15, 0.2) is 41.3 Å². The van der Waals surface area contributed by atoms with Crippen molar-refractivity contribution in [2.75, 3.05) is 32.6 Å². The third-order valence-electron chi connectivity index (χ3n) is 4.83. The monoisotopic (exact) mass is 477 g/mol. The molecule has 0 aliphatic carbocycles. The number of sulfonamides is 1. The van der Waals surface area contributed by atoms with Crippen LogP contribution in [0.4, 0.5) is 5.13 Å². The molecule has 0 bridgehead atoms. The molecule has 172 valence electrons. The average Bonchev–Trinajstić information content (AvgIpc) is 3.21. The smallest absolute Gasteiger partial charge is 0.257 e. The quantitative estimate of drug-likeness (QED) is 0.465. The Morgan fingerprint density at radius 1 is 1.00 bits per heavy atom. The van der Waals surface area contributed by atoms with Crippen molar-refractivity contribution in [3.63, 3.8) is 0 Å². The van der Waals surface area contributed by atoms with Crippen LogP contribution < -0.4 is 14.8 Å². The van der Waals surface area contributed by atoms with Crippen LogP contribution in [0.5, 0.6) is 11.5 Å². The highest BCUT2D eigenvalue weighted by Gasteiger charge is 2.23. The van der Waals surface area contributed by atoms with Gasteiger partial charge < -0.3 is 9.47 Å². The van der Waals surface area contributed by atoms with Crippen molar-refractivity contribution in [1.29, 1.82) is 0 Å². The highest BCUT2D eigenvalue weighted by Crippen LogP contribution is 2.38. The summed E-state index contributed by atoms with van der Waals surface area (Å²) in [5, 5.41) is 3.16. The van der Waals surface area contributed by atoms with Gasteiger partial charge in [0.1, 0.15) is 21.7 Å². The molecule has 0 aliphatic rings. The van der Waals surface area contributed by atoms with Crippen LogP contribution in [0.1, 0.15) is 37.0 Å². The van der Waals surface area contributed by atoms with Crippen molar-refractivity contribution in [3.05, 3.63) is 42.0 Å². The van der Waals surface area contributed by atoms with Gasteiger partial charge in [-0.1, -0.05) is 25.2 Å². The predicted molar refractivity (Wildman–Crippen MR) is 126 cm³/mol. The minimum Gasteiger partial charge on any atom is -0.495 e. The third kappa shape index (κ3) is 4.87. The molecule has 0 spiro atoms. The molecule has 1 heterocycles. The van der Waals surface area contributed by atoms with Crippen LogP contribution in [0.25, 0.3) is 10.2 Å². The maximum atomic E-state index is 12.9. The Hall–Kier alpha value is -2.69. The van der Waals surface area contributed by atoms with Crippen molar-refractivity contribution >= 4 is 42.6 Å². The Labute approximate surface area is 192 Å². The molecule has 2 aromatic carbocycles. The van der Waals surface area contributed by atoms with Gasteiger partial charge in [0.25, 0.3) is 5.91 Å². The first kappa shape index (κ1) is 24.0. The van der Waals surface area contributed by atoms with Crippen LogP contribution >= 0.6 is 11.3 Å². The first-order valence-corrected chi connectivity index (χ1v) is 12.5. The largest absolute Gasteiger partial charge is 0.495 e. The van der Waals surface area contributed by atoms with Crippen molar-refractivity contribution in [2.45, 2.75) is 31.6 Å². The fraction of sp³-hybridized carbons (Fsp3) is 0.364. The summed E-state index contributed by atoms with van der Waals surface area (Å²) in [6.45, 7) is 4.81. The number of fused-ring (bicyclic) bond motifs is 1. The maximum Gasteiger partial charge on any atom is 0.257 e. The molecule has 1 aromatic heterocycles. The lowest BCUT2D eigenvalue weighted by atomic mass is 10.2. The number of rotatable bonds is 10. The van der Waals surface area contributed by atoms with E-state index in [0.717, 1.165) is 17.5 Å². The molecule has 10 heteroatoms. The van der Waals surface area contributed by atoms with Gasteiger partial charge in [0.2, 0.25) is 10.0 Å². The van der Waals surface area contributed by atoms with E-state index in [0.29, 0.717) is 40.8 Å². The highest BCUT2D eigenvalue weighted by atomic mass is 32.2. The number of aromatic nitrogens is 1. The van der Waals surface area contributed by atoms with Crippen molar-refractivity contribution in [1.82, 2.24) is 9.29 Å². The normalized spacial score (nSPS) is 11.7. The molecule has 8 nitrogen and oxygen atoms in total. The fourth-order valence-corrected chi connectivity index (χ4v) is 5.88. The van der Waals surface area contributed by atoms with E-state index in [9.17, 15) is 13.2 Å². The van der Waals surface area contributed by atoms with Crippen molar-refractivity contribution < 1.29 is 22.7 Å². The van der Waals surface area contributed by atoms with Gasteiger partial charge in [-0.3, -0.25) is 10.1 Å². The predicted octanol–water partition coefficient (Wildman–Crippen LogP) is 4.38. The lowest BCUT2D eigenvalue weighted by Gasteiger charge is -2.21. The number of hydrogen-bond donors (Lipinski definition) is 1. The van der Waals surface area contributed by atoms with Gasteiger partial charge in [0.15, 0.2) is 5.13 Å². The fourth-order valence-electron chi connectivity index (χ4n) is 3.29. The summed E-state index contributed by atoms with van der Waals surface area (Å²) < 4.78 is 38.7. The third-order valence-corrected chi connectivity index (χ3v) is 7.73. The number of nitrogens with one attached hydrogen (secondary N) is 1. The van der Waals surface area contributed by atoms with Crippen LogP contribution in [0.3, 0.4) is 0 Å². The van der Waals surface area contributed by atoms with Gasteiger partial charge in [-0.15, -0.1) is 0 Å². The molecule has 0 saturated carbocycles. The number of ether oxygens (including phenoxy) is 2. The summed E-state index contributed by atoms with van der Waals surface area (Å²) in [6.07, 6.45) is 1.47. The Balaban J connectivity index is 1.82. The topological polar surface area (TPSA) is 97.8 Å².